The van der Waals surface area contributed by atoms with Gasteiger partial charge in [-0.05, 0) is 32.3 Å². The van der Waals surface area contributed by atoms with Crippen LogP contribution in [-0.4, -0.2) is 35.9 Å². The van der Waals surface area contributed by atoms with Crippen LogP contribution < -0.4 is 11.0 Å². The summed E-state index contributed by atoms with van der Waals surface area (Å²) < 4.78 is 7.03. The number of rotatable bonds is 5. The van der Waals surface area contributed by atoms with Gasteiger partial charge in [0.15, 0.2) is 0 Å². The maximum absolute atomic E-state index is 11.7. The number of nitrogens with zero attached hydrogens (tertiary/aromatic N) is 2. The molecule has 1 fully saturated rings. The van der Waals surface area contributed by atoms with Crippen molar-refractivity contribution in [1.29, 1.82) is 0 Å². The highest BCUT2D eigenvalue weighted by molar-refractivity contribution is 5.06. The van der Waals surface area contributed by atoms with E-state index in [1.807, 2.05) is 19.9 Å². The van der Waals surface area contributed by atoms with E-state index in [4.69, 9.17) is 4.74 Å². The molecule has 100 valence electrons. The lowest BCUT2D eigenvalue weighted by atomic mass is 10.1. The monoisotopic (exact) mass is 251 g/mol. The summed E-state index contributed by atoms with van der Waals surface area (Å²) in [6, 6.07) is 1.94. The third-order valence-electron chi connectivity index (χ3n) is 3.32. The van der Waals surface area contributed by atoms with Gasteiger partial charge in [0.2, 0.25) is 0 Å². The van der Waals surface area contributed by atoms with Crippen LogP contribution in [0, 0.1) is 19.8 Å². The standard InChI is InChI=1S/C13H21N3O2/c1-10-7-11(2)16(13(17)15-10)5-4-14-8-12-3-6-18-9-12/h7,12,14H,3-6,8-9H2,1-2H3. The molecule has 5 heteroatoms. The largest absolute Gasteiger partial charge is 0.381 e. The van der Waals surface area contributed by atoms with Crippen LogP contribution in [0.4, 0.5) is 0 Å². The van der Waals surface area contributed by atoms with Crippen LogP contribution >= 0.6 is 0 Å². The molecule has 1 aromatic rings. The summed E-state index contributed by atoms with van der Waals surface area (Å²) in [5.41, 5.74) is 1.60. The van der Waals surface area contributed by atoms with E-state index < -0.39 is 0 Å². The Morgan fingerprint density at radius 1 is 1.56 bits per heavy atom. The second kappa shape index (κ2) is 6.11. The molecule has 0 radical (unpaired) electrons. The second-order valence-corrected chi connectivity index (χ2v) is 4.91. The molecule has 1 aromatic heterocycles. The molecule has 2 heterocycles. The number of hydrogen-bond acceptors (Lipinski definition) is 4. The summed E-state index contributed by atoms with van der Waals surface area (Å²) in [5, 5.41) is 3.38. The number of aromatic nitrogens is 2. The number of hydrogen-bond donors (Lipinski definition) is 1. The van der Waals surface area contributed by atoms with Crippen LogP contribution in [0.15, 0.2) is 10.9 Å². The zero-order valence-corrected chi connectivity index (χ0v) is 11.1. The fraction of sp³-hybridized carbons (Fsp3) is 0.692. The SMILES string of the molecule is Cc1cc(C)n(CCNCC2CCOC2)c(=O)n1. The molecule has 1 unspecified atom stereocenters. The van der Waals surface area contributed by atoms with Gasteiger partial charge < -0.3 is 10.1 Å². The first-order valence-corrected chi connectivity index (χ1v) is 6.50. The van der Waals surface area contributed by atoms with Crippen molar-refractivity contribution >= 4 is 0 Å². The summed E-state index contributed by atoms with van der Waals surface area (Å²) >= 11 is 0. The van der Waals surface area contributed by atoms with E-state index in [1.165, 1.54) is 0 Å². The molecule has 1 atom stereocenters. The van der Waals surface area contributed by atoms with Crippen molar-refractivity contribution in [2.75, 3.05) is 26.3 Å². The van der Waals surface area contributed by atoms with E-state index >= 15 is 0 Å². The zero-order chi connectivity index (χ0) is 13.0. The topological polar surface area (TPSA) is 56.2 Å². The first-order chi connectivity index (χ1) is 8.66. The lowest BCUT2D eigenvalue weighted by Crippen LogP contribution is -2.32. The Balaban J connectivity index is 1.81. The normalized spacial score (nSPS) is 19.3. The van der Waals surface area contributed by atoms with Gasteiger partial charge in [-0.15, -0.1) is 0 Å². The van der Waals surface area contributed by atoms with Gasteiger partial charge in [0.25, 0.3) is 0 Å². The fourth-order valence-electron chi connectivity index (χ4n) is 2.29. The van der Waals surface area contributed by atoms with Gasteiger partial charge in [-0.1, -0.05) is 0 Å². The minimum atomic E-state index is -0.154. The Morgan fingerprint density at radius 3 is 3.06 bits per heavy atom. The highest BCUT2D eigenvalue weighted by Crippen LogP contribution is 2.10. The smallest absolute Gasteiger partial charge is 0.347 e. The summed E-state index contributed by atoms with van der Waals surface area (Å²) in [5.74, 6) is 0.624. The van der Waals surface area contributed by atoms with Crippen molar-refractivity contribution in [3.63, 3.8) is 0 Å². The minimum absolute atomic E-state index is 0.154. The van der Waals surface area contributed by atoms with Gasteiger partial charge in [-0.3, -0.25) is 4.57 Å². The van der Waals surface area contributed by atoms with E-state index in [1.54, 1.807) is 4.57 Å². The molecule has 0 amide bonds. The molecule has 1 aliphatic heterocycles. The highest BCUT2D eigenvalue weighted by atomic mass is 16.5. The quantitative estimate of drug-likeness (QED) is 0.774. The van der Waals surface area contributed by atoms with Crippen molar-refractivity contribution in [2.45, 2.75) is 26.8 Å². The summed E-state index contributed by atoms with van der Waals surface area (Å²) in [6.07, 6.45) is 1.14. The van der Waals surface area contributed by atoms with E-state index in [2.05, 4.69) is 10.3 Å². The molecule has 1 aliphatic rings. The molecule has 0 saturated carbocycles. The van der Waals surface area contributed by atoms with Crippen molar-refractivity contribution < 1.29 is 4.74 Å². The van der Waals surface area contributed by atoms with Crippen LogP contribution in [0.5, 0.6) is 0 Å². The average molecular weight is 251 g/mol. The molecular formula is C13H21N3O2. The van der Waals surface area contributed by atoms with E-state index in [-0.39, 0.29) is 5.69 Å². The van der Waals surface area contributed by atoms with Crippen LogP contribution in [0.1, 0.15) is 17.8 Å². The summed E-state index contributed by atoms with van der Waals surface area (Å²) in [6.45, 7) is 7.96. The third kappa shape index (κ3) is 3.40. The molecular weight excluding hydrogens is 230 g/mol. The minimum Gasteiger partial charge on any atom is -0.381 e. The number of nitrogens with one attached hydrogen (secondary N) is 1. The van der Waals surface area contributed by atoms with Gasteiger partial charge in [0.05, 0.1) is 6.61 Å². The Labute approximate surface area is 107 Å². The molecule has 0 spiro atoms. The molecule has 18 heavy (non-hydrogen) atoms. The third-order valence-corrected chi connectivity index (χ3v) is 3.32. The van der Waals surface area contributed by atoms with Crippen molar-refractivity contribution in [2.24, 2.45) is 5.92 Å². The lowest BCUT2D eigenvalue weighted by Gasteiger charge is -2.12. The Hall–Kier alpha value is -1.20. The Bertz CT molecular complexity index is 450. The van der Waals surface area contributed by atoms with Crippen LogP contribution in [0.3, 0.4) is 0 Å². The van der Waals surface area contributed by atoms with Crippen molar-refractivity contribution in [3.8, 4) is 0 Å². The van der Waals surface area contributed by atoms with Gasteiger partial charge in [0.1, 0.15) is 0 Å². The van der Waals surface area contributed by atoms with Crippen molar-refractivity contribution in [1.82, 2.24) is 14.9 Å². The average Bonchev–Trinajstić information content (AvgIpc) is 2.79. The predicted molar refractivity (Wildman–Crippen MR) is 69.8 cm³/mol. The Kier molecular flexibility index (Phi) is 4.49. The molecule has 1 saturated heterocycles. The second-order valence-electron chi connectivity index (χ2n) is 4.91. The Morgan fingerprint density at radius 2 is 2.39 bits per heavy atom. The van der Waals surface area contributed by atoms with Gasteiger partial charge in [0, 0.05) is 37.6 Å². The van der Waals surface area contributed by atoms with Gasteiger partial charge >= 0.3 is 5.69 Å². The summed E-state index contributed by atoms with van der Waals surface area (Å²) in [7, 11) is 0. The molecule has 0 bridgehead atoms. The van der Waals surface area contributed by atoms with E-state index in [0.717, 1.165) is 44.1 Å². The maximum Gasteiger partial charge on any atom is 0.347 e. The maximum atomic E-state index is 11.7. The van der Waals surface area contributed by atoms with Gasteiger partial charge in [-0.2, -0.15) is 4.98 Å². The summed E-state index contributed by atoms with van der Waals surface area (Å²) in [4.78, 5) is 15.7. The first-order valence-electron chi connectivity index (χ1n) is 6.50. The van der Waals surface area contributed by atoms with Crippen molar-refractivity contribution in [3.05, 3.63) is 27.9 Å². The molecule has 2 rings (SSSR count). The van der Waals surface area contributed by atoms with Gasteiger partial charge in [-0.25, -0.2) is 4.79 Å². The molecule has 0 aliphatic carbocycles. The number of aryl methyl sites for hydroxylation is 2. The fourth-order valence-corrected chi connectivity index (χ4v) is 2.29. The van der Waals surface area contributed by atoms with Crippen LogP contribution in [-0.2, 0) is 11.3 Å². The molecule has 1 N–H and O–H groups in total. The van der Waals surface area contributed by atoms with Crippen LogP contribution in [0.25, 0.3) is 0 Å². The lowest BCUT2D eigenvalue weighted by molar-refractivity contribution is 0.185. The van der Waals surface area contributed by atoms with E-state index in [9.17, 15) is 4.79 Å². The molecule has 5 nitrogen and oxygen atoms in total. The predicted octanol–water partition coefficient (Wildman–Crippen LogP) is 0.486. The first kappa shape index (κ1) is 13.2. The van der Waals surface area contributed by atoms with E-state index in [0.29, 0.717) is 12.5 Å². The highest BCUT2D eigenvalue weighted by Gasteiger charge is 2.14. The number of ether oxygens (including phenoxy) is 1. The zero-order valence-electron chi connectivity index (χ0n) is 11.1. The van der Waals surface area contributed by atoms with Crippen LogP contribution in [0.2, 0.25) is 0 Å². The molecule has 0 aromatic carbocycles.